The van der Waals surface area contributed by atoms with Crippen molar-refractivity contribution in [2.45, 2.75) is 32.2 Å². The summed E-state index contributed by atoms with van der Waals surface area (Å²) >= 11 is 0. The first kappa shape index (κ1) is 25.5. The summed E-state index contributed by atoms with van der Waals surface area (Å²) in [5.74, 6) is 2.92. The van der Waals surface area contributed by atoms with Gasteiger partial charge in [0.15, 0.2) is 23.0 Å². The maximum atomic E-state index is 13.1. The van der Waals surface area contributed by atoms with Crippen LogP contribution in [0, 0.1) is 5.92 Å². The van der Waals surface area contributed by atoms with E-state index in [4.69, 9.17) is 23.7 Å². The summed E-state index contributed by atoms with van der Waals surface area (Å²) in [6.45, 7) is 4.21. The number of hydrogen-bond donors (Lipinski definition) is 1. The Morgan fingerprint density at radius 1 is 0.972 bits per heavy atom. The number of methoxy groups -OCH3 is 3. The molecule has 2 aliphatic rings. The van der Waals surface area contributed by atoms with Crippen LogP contribution in [-0.2, 0) is 4.79 Å². The molecular weight excluding hydrogens is 464 g/mol. The number of fused-ring (bicyclic) bond motifs is 1. The van der Waals surface area contributed by atoms with Gasteiger partial charge in [-0.15, -0.1) is 0 Å². The van der Waals surface area contributed by atoms with Gasteiger partial charge in [0.1, 0.15) is 13.2 Å². The van der Waals surface area contributed by atoms with Gasteiger partial charge in [0.25, 0.3) is 5.91 Å². The molecule has 2 aromatic rings. The van der Waals surface area contributed by atoms with E-state index in [2.05, 4.69) is 5.32 Å². The molecule has 2 aliphatic heterocycles. The molecule has 0 bridgehead atoms. The second kappa shape index (κ2) is 11.4. The average Bonchev–Trinajstić information content (AvgIpc) is 2.91. The Balaban J connectivity index is 1.30. The van der Waals surface area contributed by atoms with Crippen LogP contribution in [0.1, 0.15) is 48.1 Å². The van der Waals surface area contributed by atoms with E-state index in [1.165, 1.54) is 21.3 Å². The first-order valence-corrected chi connectivity index (χ1v) is 12.2. The molecule has 0 spiro atoms. The van der Waals surface area contributed by atoms with Gasteiger partial charge in [0.05, 0.1) is 27.4 Å². The van der Waals surface area contributed by atoms with Gasteiger partial charge in [-0.25, -0.2) is 0 Å². The monoisotopic (exact) mass is 498 g/mol. The Labute approximate surface area is 211 Å². The number of piperidine rings is 1. The van der Waals surface area contributed by atoms with E-state index in [-0.39, 0.29) is 23.8 Å². The number of hydrogen-bond acceptors (Lipinski definition) is 7. The van der Waals surface area contributed by atoms with E-state index in [0.717, 1.165) is 24.2 Å². The fraction of sp³-hybridized carbons (Fsp3) is 0.481. The lowest BCUT2D eigenvalue weighted by Crippen LogP contribution is -2.40. The first-order valence-electron chi connectivity index (χ1n) is 12.2. The van der Waals surface area contributed by atoms with E-state index in [1.807, 2.05) is 30.0 Å². The number of ether oxygens (including phenoxy) is 5. The summed E-state index contributed by atoms with van der Waals surface area (Å²) in [7, 11) is 4.58. The summed E-state index contributed by atoms with van der Waals surface area (Å²) < 4.78 is 27.3. The third kappa shape index (κ3) is 5.61. The zero-order valence-corrected chi connectivity index (χ0v) is 21.3. The predicted octanol–water partition coefficient (Wildman–Crippen LogP) is 3.60. The normalized spacial score (nSPS) is 16.2. The Kier molecular flexibility index (Phi) is 8.07. The van der Waals surface area contributed by atoms with Gasteiger partial charge in [-0.3, -0.25) is 9.59 Å². The quantitative estimate of drug-likeness (QED) is 0.594. The van der Waals surface area contributed by atoms with Gasteiger partial charge < -0.3 is 33.9 Å². The van der Waals surface area contributed by atoms with Crippen molar-refractivity contribution in [2.24, 2.45) is 5.92 Å². The van der Waals surface area contributed by atoms with Gasteiger partial charge in [-0.05, 0) is 55.5 Å². The number of rotatable bonds is 8. The van der Waals surface area contributed by atoms with Crippen LogP contribution in [0.4, 0.5) is 0 Å². The second-order valence-electron chi connectivity index (χ2n) is 9.05. The molecule has 1 N–H and O–H groups in total. The molecule has 2 heterocycles. The van der Waals surface area contributed by atoms with Gasteiger partial charge in [-0.2, -0.15) is 0 Å². The maximum Gasteiger partial charge on any atom is 0.254 e. The van der Waals surface area contributed by atoms with E-state index in [0.29, 0.717) is 61.3 Å². The standard InChI is InChI=1S/C27H34N2O7/c1-17(19-5-6-21-22(14-19)36-12-11-35-21)28-25(30)13-18-7-9-29(10-8-18)27(31)20-15-23(32-2)26(34-4)24(16-20)33-3/h5-6,14-18H,7-13H2,1-4H3,(H,28,30)/t17-/m0/s1. The number of benzene rings is 2. The van der Waals surface area contributed by atoms with Crippen molar-refractivity contribution in [3.63, 3.8) is 0 Å². The van der Waals surface area contributed by atoms with Crippen molar-refractivity contribution in [3.05, 3.63) is 41.5 Å². The highest BCUT2D eigenvalue weighted by Crippen LogP contribution is 2.39. The minimum atomic E-state index is -0.143. The number of carbonyl (C=O) groups excluding carboxylic acids is 2. The molecule has 36 heavy (non-hydrogen) atoms. The molecule has 0 saturated carbocycles. The minimum Gasteiger partial charge on any atom is -0.493 e. The molecule has 1 atom stereocenters. The highest BCUT2D eigenvalue weighted by Gasteiger charge is 2.27. The van der Waals surface area contributed by atoms with E-state index >= 15 is 0 Å². The number of nitrogens with one attached hydrogen (secondary N) is 1. The van der Waals surface area contributed by atoms with E-state index in [9.17, 15) is 9.59 Å². The molecule has 1 saturated heterocycles. The summed E-state index contributed by atoms with van der Waals surface area (Å²) in [4.78, 5) is 27.7. The third-order valence-electron chi connectivity index (χ3n) is 6.73. The molecule has 194 valence electrons. The zero-order valence-electron chi connectivity index (χ0n) is 21.3. The van der Waals surface area contributed by atoms with Crippen molar-refractivity contribution in [1.29, 1.82) is 0 Å². The van der Waals surface area contributed by atoms with Crippen LogP contribution in [0.3, 0.4) is 0 Å². The average molecular weight is 499 g/mol. The van der Waals surface area contributed by atoms with Crippen LogP contribution in [0.5, 0.6) is 28.7 Å². The molecule has 0 radical (unpaired) electrons. The van der Waals surface area contributed by atoms with Gasteiger partial charge >= 0.3 is 0 Å². The topological polar surface area (TPSA) is 95.6 Å². The summed E-state index contributed by atoms with van der Waals surface area (Å²) in [6, 6.07) is 8.95. The van der Waals surface area contributed by atoms with Crippen LogP contribution in [0.15, 0.2) is 30.3 Å². The largest absolute Gasteiger partial charge is 0.493 e. The van der Waals surface area contributed by atoms with E-state index < -0.39 is 0 Å². The molecular formula is C27H34N2O7. The fourth-order valence-corrected chi connectivity index (χ4v) is 4.70. The number of amides is 2. The maximum absolute atomic E-state index is 13.1. The molecule has 2 amide bonds. The Hall–Kier alpha value is -3.62. The molecule has 1 fully saturated rings. The number of likely N-dealkylation sites (tertiary alicyclic amines) is 1. The second-order valence-corrected chi connectivity index (χ2v) is 9.05. The highest BCUT2D eigenvalue weighted by atomic mass is 16.6. The summed E-state index contributed by atoms with van der Waals surface area (Å²) in [6.07, 6.45) is 1.96. The van der Waals surface area contributed by atoms with Crippen molar-refractivity contribution in [2.75, 3.05) is 47.6 Å². The SMILES string of the molecule is COc1cc(C(=O)N2CCC(CC(=O)N[C@@H](C)c3ccc4c(c3)OCCO4)CC2)cc(OC)c1OC. The first-order chi connectivity index (χ1) is 17.4. The highest BCUT2D eigenvalue weighted by molar-refractivity contribution is 5.95. The van der Waals surface area contributed by atoms with E-state index in [1.54, 1.807) is 12.1 Å². The smallest absolute Gasteiger partial charge is 0.254 e. The molecule has 0 aromatic heterocycles. The van der Waals surface area contributed by atoms with Crippen molar-refractivity contribution < 1.29 is 33.3 Å². The molecule has 0 aliphatic carbocycles. The van der Waals surface area contributed by atoms with Crippen LogP contribution >= 0.6 is 0 Å². The summed E-state index contributed by atoms with van der Waals surface area (Å²) in [5, 5.41) is 3.09. The molecule has 4 rings (SSSR count). The van der Waals surface area contributed by atoms with Crippen LogP contribution in [-0.4, -0.2) is 64.3 Å². The molecule has 9 nitrogen and oxygen atoms in total. The molecule has 9 heteroatoms. The van der Waals surface area contributed by atoms with Crippen LogP contribution in [0.2, 0.25) is 0 Å². The Morgan fingerprint density at radius 2 is 1.61 bits per heavy atom. The predicted molar refractivity (Wildman–Crippen MR) is 133 cm³/mol. The zero-order chi connectivity index (χ0) is 25.7. The minimum absolute atomic E-state index is 0.00629. The Bertz CT molecular complexity index is 1070. The van der Waals surface area contributed by atoms with Gasteiger partial charge in [0, 0.05) is 25.1 Å². The van der Waals surface area contributed by atoms with Crippen LogP contribution < -0.4 is 29.0 Å². The van der Waals surface area contributed by atoms with Gasteiger partial charge in [-0.1, -0.05) is 6.07 Å². The Morgan fingerprint density at radius 3 is 2.22 bits per heavy atom. The number of nitrogens with zero attached hydrogens (tertiary/aromatic N) is 1. The lowest BCUT2D eigenvalue weighted by Gasteiger charge is -2.32. The third-order valence-corrected chi connectivity index (χ3v) is 6.73. The van der Waals surface area contributed by atoms with Crippen LogP contribution in [0.25, 0.3) is 0 Å². The fourth-order valence-electron chi connectivity index (χ4n) is 4.70. The van der Waals surface area contributed by atoms with Crippen molar-refractivity contribution in [1.82, 2.24) is 10.2 Å². The molecule has 0 unspecified atom stereocenters. The van der Waals surface area contributed by atoms with Crippen molar-refractivity contribution in [3.8, 4) is 28.7 Å². The lowest BCUT2D eigenvalue weighted by molar-refractivity contribution is -0.122. The lowest BCUT2D eigenvalue weighted by atomic mass is 9.92. The van der Waals surface area contributed by atoms with Crippen molar-refractivity contribution >= 4 is 11.8 Å². The summed E-state index contributed by atoms with van der Waals surface area (Å²) in [5.41, 5.74) is 1.45. The van der Waals surface area contributed by atoms with Gasteiger partial charge in [0.2, 0.25) is 11.7 Å². The molecule has 2 aromatic carbocycles. The number of carbonyl (C=O) groups is 2.